The highest BCUT2D eigenvalue weighted by molar-refractivity contribution is 6.76. The largest absolute Gasteiger partial charge is 0.294 e. The van der Waals surface area contributed by atoms with Gasteiger partial charge in [-0.25, -0.2) is 0 Å². The quantitative estimate of drug-likeness (QED) is 0.187. The van der Waals surface area contributed by atoms with E-state index in [2.05, 4.69) is 6.92 Å². The lowest BCUT2D eigenvalue weighted by Gasteiger charge is -2.09. The fraction of sp³-hybridized carbons (Fsp3) is 0.579. The molecule has 0 aliphatic carbocycles. The first-order valence-corrected chi connectivity index (χ1v) is 9.70. The summed E-state index contributed by atoms with van der Waals surface area (Å²) in [5, 5.41) is 0. The van der Waals surface area contributed by atoms with Gasteiger partial charge in [0.1, 0.15) is 0 Å². The predicted octanol–water partition coefficient (Wildman–Crippen LogP) is 6.49. The molecule has 24 heavy (non-hydrogen) atoms. The second kappa shape index (κ2) is 11.1. The molecule has 0 saturated carbocycles. The van der Waals surface area contributed by atoms with Crippen molar-refractivity contribution in [3.8, 4) is 0 Å². The van der Waals surface area contributed by atoms with Crippen LogP contribution in [0.15, 0.2) is 24.3 Å². The molecular weight excluding hydrogens is 367 g/mol. The van der Waals surface area contributed by atoms with Crippen molar-refractivity contribution < 1.29 is 9.59 Å². The van der Waals surface area contributed by atoms with E-state index in [1.165, 1.54) is 44.1 Å². The van der Waals surface area contributed by atoms with E-state index in [9.17, 15) is 9.59 Å². The van der Waals surface area contributed by atoms with Crippen LogP contribution in [0.5, 0.6) is 0 Å². The topological polar surface area (TPSA) is 34.1 Å². The second-order valence-electron chi connectivity index (χ2n) is 6.09. The van der Waals surface area contributed by atoms with Gasteiger partial charge in [-0.05, 0) is 18.4 Å². The molecule has 0 radical (unpaired) electrons. The minimum absolute atomic E-state index is 0.325. The van der Waals surface area contributed by atoms with E-state index in [-0.39, 0.29) is 5.78 Å². The van der Waals surface area contributed by atoms with Crippen molar-refractivity contribution >= 4 is 46.4 Å². The molecule has 0 bridgehead atoms. The standard InChI is InChI=1S/C19H25Cl3O2/c1-2-3-4-5-6-7-8-9-15-10-12-16(13-11-15)17(23)14-18(24)19(20,21)22/h10-13H,2-9,14H2,1H3. The SMILES string of the molecule is CCCCCCCCCc1ccc(C(=O)CC(=O)C(Cl)(Cl)Cl)cc1. The van der Waals surface area contributed by atoms with E-state index < -0.39 is 16.0 Å². The number of benzene rings is 1. The van der Waals surface area contributed by atoms with Gasteiger partial charge in [-0.1, -0.05) is 105 Å². The lowest BCUT2D eigenvalue weighted by Crippen LogP contribution is -2.22. The smallest absolute Gasteiger partial charge is 0.249 e. The molecule has 1 rings (SSSR count). The Morgan fingerprint density at radius 1 is 0.875 bits per heavy atom. The van der Waals surface area contributed by atoms with Crippen LogP contribution >= 0.6 is 34.8 Å². The number of unbranched alkanes of at least 4 members (excludes halogenated alkanes) is 6. The van der Waals surface area contributed by atoms with Gasteiger partial charge in [-0.2, -0.15) is 0 Å². The van der Waals surface area contributed by atoms with Crippen molar-refractivity contribution in [2.45, 2.75) is 68.5 Å². The number of ketones is 2. The van der Waals surface area contributed by atoms with E-state index in [1.54, 1.807) is 12.1 Å². The molecule has 0 aliphatic heterocycles. The molecular formula is C19H25Cl3O2. The van der Waals surface area contributed by atoms with Gasteiger partial charge in [0.2, 0.25) is 3.79 Å². The molecule has 0 unspecified atom stereocenters. The Morgan fingerprint density at radius 2 is 1.42 bits per heavy atom. The van der Waals surface area contributed by atoms with Crippen LogP contribution in [-0.4, -0.2) is 15.4 Å². The maximum atomic E-state index is 12.0. The fourth-order valence-electron chi connectivity index (χ4n) is 2.49. The molecule has 5 heteroatoms. The summed E-state index contributed by atoms with van der Waals surface area (Å²) in [5.41, 5.74) is 1.67. The first-order valence-electron chi connectivity index (χ1n) is 8.56. The summed E-state index contributed by atoms with van der Waals surface area (Å²) >= 11 is 16.4. The van der Waals surface area contributed by atoms with Gasteiger partial charge in [0.15, 0.2) is 11.6 Å². The second-order valence-corrected chi connectivity index (χ2v) is 8.37. The average molecular weight is 392 g/mol. The number of Topliss-reactive ketones (excluding diaryl/α,β-unsaturated/α-hetero) is 2. The molecule has 2 nitrogen and oxygen atoms in total. The number of alkyl halides is 3. The van der Waals surface area contributed by atoms with E-state index in [1.807, 2.05) is 12.1 Å². The summed E-state index contributed by atoms with van der Waals surface area (Å²) in [6.07, 6.45) is 9.55. The van der Waals surface area contributed by atoms with Crippen LogP contribution in [-0.2, 0) is 11.2 Å². The highest BCUT2D eigenvalue weighted by Crippen LogP contribution is 2.28. The summed E-state index contributed by atoms with van der Waals surface area (Å²) in [6.45, 7) is 2.22. The van der Waals surface area contributed by atoms with Crippen LogP contribution in [0.2, 0.25) is 0 Å². The van der Waals surface area contributed by atoms with Crippen molar-refractivity contribution in [1.29, 1.82) is 0 Å². The van der Waals surface area contributed by atoms with Crippen LogP contribution in [0, 0.1) is 0 Å². The van der Waals surface area contributed by atoms with Gasteiger partial charge in [0.25, 0.3) is 0 Å². The van der Waals surface area contributed by atoms with Crippen LogP contribution in [0.3, 0.4) is 0 Å². The van der Waals surface area contributed by atoms with Gasteiger partial charge in [0, 0.05) is 5.56 Å². The number of halogens is 3. The molecule has 0 amide bonds. The van der Waals surface area contributed by atoms with Crippen molar-refractivity contribution in [3.63, 3.8) is 0 Å². The van der Waals surface area contributed by atoms with E-state index >= 15 is 0 Å². The molecule has 0 aliphatic rings. The number of aryl methyl sites for hydroxylation is 1. The van der Waals surface area contributed by atoms with E-state index in [0.717, 1.165) is 12.8 Å². The average Bonchev–Trinajstić information content (AvgIpc) is 2.53. The third-order valence-corrected chi connectivity index (χ3v) is 4.61. The van der Waals surface area contributed by atoms with Crippen molar-refractivity contribution in [2.75, 3.05) is 0 Å². The van der Waals surface area contributed by atoms with Crippen LogP contribution in [0.25, 0.3) is 0 Å². The zero-order valence-corrected chi connectivity index (χ0v) is 16.4. The predicted molar refractivity (Wildman–Crippen MR) is 102 cm³/mol. The molecule has 0 saturated heterocycles. The molecule has 134 valence electrons. The zero-order valence-electron chi connectivity index (χ0n) is 14.1. The Labute approximate surface area is 159 Å². The molecule has 1 aromatic carbocycles. The van der Waals surface area contributed by atoms with Crippen LogP contribution < -0.4 is 0 Å². The highest BCUT2D eigenvalue weighted by Gasteiger charge is 2.31. The Balaban J connectivity index is 2.35. The van der Waals surface area contributed by atoms with Gasteiger partial charge in [-0.15, -0.1) is 0 Å². The first-order chi connectivity index (χ1) is 11.3. The third kappa shape index (κ3) is 8.50. The summed E-state index contributed by atoms with van der Waals surface area (Å²) < 4.78 is -2.03. The number of carbonyl (C=O) groups is 2. The monoisotopic (exact) mass is 390 g/mol. The molecule has 0 spiro atoms. The van der Waals surface area contributed by atoms with Crippen molar-refractivity contribution in [3.05, 3.63) is 35.4 Å². The highest BCUT2D eigenvalue weighted by atomic mass is 35.6. The molecule has 0 fully saturated rings. The minimum Gasteiger partial charge on any atom is -0.294 e. The maximum absolute atomic E-state index is 12.0. The van der Waals surface area contributed by atoms with Gasteiger partial charge in [-0.3, -0.25) is 9.59 Å². The normalized spacial score (nSPS) is 11.5. The Morgan fingerprint density at radius 3 is 1.96 bits per heavy atom. The fourth-order valence-corrected chi connectivity index (χ4v) is 2.69. The van der Waals surface area contributed by atoms with Crippen LogP contribution in [0.1, 0.15) is 74.2 Å². The van der Waals surface area contributed by atoms with E-state index in [0.29, 0.717) is 5.56 Å². The molecule has 0 atom stereocenters. The molecule has 0 heterocycles. The molecule has 1 aromatic rings. The van der Waals surface area contributed by atoms with Crippen molar-refractivity contribution in [2.24, 2.45) is 0 Å². The maximum Gasteiger partial charge on any atom is 0.249 e. The third-order valence-electron chi connectivity index (χ3n) is 3.98. The first kappa shape index (κ1) is 21.5. The number of hydrogen-bond donors (Lipinski definition) is 0. The van der Waals surface area contributed by atoms with Gasteiger partial charge >= 0.3 is 0 Å². The summed E-state index contributed by atoms with van der Waals surface area (Å²) in [4.78, 5) is 23.6. The lowest BCUT2D eigenvalue weighted by atomic mass is 10.0. The Kier molecular flexibility index (Phi) is 9.95. The number of hydrogen-bond acceptors (Lipinski definition) is 2. The molecule has 0 aromatic heterocycles. The number of carbonyl (C=O) groups excluding carboxylic acids is 2. The van der Waals surface area contributed by atoms with Crippen molar-refractivity contribution in [1.82, 2.24) is 0 Å². The molecule has 0 N–H and O–H groups in total. The van der Waals surface area contributed by atoms with Crippen LogP contribution in [0.4, 0.5) is 0 Å². The zero-order chi connectivity index (χ0) is 18.0. The van der Waals surface area contributed by atoms with Gasteiger partial charge in [0.05, 0.1) is 6.42 Å². The Hall–Kier alpha value is -0.570. The minimum atomic E-state index is -2.03. The summed E-state index contributed by atoms with van der Waals surface area (Å²) in [7, 11) is 0. The number of rotatable bonds is 11. The lowest BCUT2D eigenvalue weighted by molar-refractivity contribution is -0.117. The van der Waals surface area contributed by atoms with E-state index in [4.69, 9.17) is 34.8 Å². The summed E-state index contributed by atoms with van der Waals surface area (Å²) in [6, 6.07) is 7.35. The Bertz CT molecular complexity index is 518. The van der Waals surface area contributed by atoms with Gasteiger partial charge < -0.3 is 0 Å². The summed E-state index contributed by atoms with van der Waals surface area (Å²) in [5.74, 6) is -1.03.